The van der Waals surface area contributed by atoms with Gasteiger partial charge in [0.2, 0.25) is 0 Å². The van der Waals surface area contributed by atoms with Crippen molar-refractivity contribution in [1.29, 1.82) is 0 Å². The first kappa shape index (κ1) is 11.9. The monoisotopic (exact) mass is 210 g/mol. The van der Waals surface area contributed by atoms with Crippen molar-refractivity contribution in [3.8, 4) is 0 Å². The third-order valence-corrected chi connectivity index (χ3v) is 2.54. The van der Waals surface area contributed by atoms with Crippen molar-refractivity contribution in [3.05, 3.63) is 18.1 Å². The number of aromatic nitrogens is 2. The van der Waals surface area contributed by atoms with Crippen LogP contribution in [0.15, 0.2) is 12.4 Å². The molecule has 0 unspecified atom stereocenters. The lowest BCUT2D eigenvalue weighted by Crippen LogP contribution is -2.44. The molecule has 84 valence electrons. The fourth-order valence-corrected chi connectivity index (χ4v) is 1.04. The first-order chi connectivity index (χ1) is 7.01. The van der Waals surface area contributed by atoms with Crippen LogP contribution in [0.2, 0.25) is 0 Å². The molecule has 0 atom stereocenters. The van der Waals surface area contributed by atoms with E-state index in [0.29, 0.717) is 6.54 Å². The fraction of sp³-hybridized carbons (Fsp3) is 0.600. The van der Waals surface area contributed by atoms with Gasteiger partial charge in [0.05, 0.1) is 30.2 Å². The van der Waals surface area contributed by atoms with Crippen LogP contribution >= 0.6 is 0 Å². The molecule has 0 aliphatic carbocycles. The molecule has 5 heteroatoms. The second-order valence-corrected chi connectivity index (χ2v) is 4.10. The highest BCUT2D eigenvalue weighted by atomic mass is 16.3. The number of likely N-dealkylation sites (N-methyl/N-ethyl adjacent to an activating group) is 1. The number of anilines is 1. The van der Waals surface area contributed by atoms with E-state index in [2.05, 4.69) is 9.97 Å². The smallest absolute Gasteiger partial charge is 0.147 e. The van der Waals surface area contributed by atoms with Gasteiger partial charge in [-0.2, -0.15) is 0 Å². The molecular weight excluding hydrogens is 192 g/mol. The molecule has 1 aromatic heterocycles. The summed E-state index contributed by atoms with van der Waals surface area (Å²) in [6.45, 7) is 4.32. The zero-order valence-corrected chi connectivity index (χ0v) is 9.44. The van der Waals surface area contributed by atoms with Gasteiger partial charge in [-0.15, -0.1) is 0 Å². The molecule has 0 amide bonds. The summed E-state index contributed by atoms with van der Waals surface area (Å²) in [6, 6.07) is 0. The Kier molecular flexibility index (Phi) is 3.60. The van der Waals surface area contributed by atoms with Crippen molar-refractivity contribution in [2.45, 2.75) is 25.9 Å². The second-order valence-electron chi connectivity index (χ2n) is 4.10. The van der Waals surface area contributed by atoms with Gasteiger partial charge in [0.25, 0.3) is 0 Å². The summed E-state index contributed by atoms with van der Waals surface area (Å²) in [5.41, 5.74) is 5.84. The minimum Gasteiger partial charge on any atom is -0.394 e. The normalized spacial score (nSPS) is 11.5. The lowest BCUT2D eigenvalue weighted by Gasteiger charge is -2.34. The number of hydrogen-bond acceptors (Lipinski definition) is 5. The molecule has 0 saturated carbocycles. The Morgan fingerprint density at radius 2 is 2.07 bits per heavy atom. The third kappa shape index (κ3) is 2.64. The third-order valence-electron chi connectivity index (χ3n) is 2.54. The lowest BCUT2D eigenvalue weighted by molar-refractivity contribution is 0.215. The second kappa shape index (κ2) is 4.55. The molecule has 1 aromatic rings. The summed E-state index contributed by atoms with van der Waals surface area (Å²) in [5, 5.41) is 9.22. The molecule has 0 aromatic carbocycles. The standard InChI is InChI=1S/C10H18N4O/c1-10(2,7-15)14(3)9-6-12-8(4-11)5-13-9/h5-6,15H,4,7,11H2,1-3H3. The summed E-state index contributed by atoms with van der Waals surface area (Å²) < 4.78 is 0. The van der Waals surface area contributed by atoms with Crippen molar-refractivity contribution in [2.24, 2.45) is 5.73 Å². The molecule has 5 nitrogen and oxygen atoms in total. The van der Waals surface area contributed by atoms with E-state index in [0.717, 1.165) is 11.5 Å². The number of nitrogens with zero attached hydrogens (tertiary/aromatic N) is 3. The summed E-state index contributed by atoms with van der Waals surface area (Å²) >= 11 is 0. The molecule has 0 aliphatic heterocycles. The molecule has 3 N–H and O–H groups in total. The van der Waals surface area contributed by atoms with Crippen LogP contribution in [0.1, 0.15) is 19.5 Å². The van der Waals surface area contributed by atoms with Crippen LogP contribution in [-0.2, 0) is 6.54 Å². The summed E-state index contributed by atoms with van der Waals surface area (Å²) in [7, 11) is 1.88. The number of aliphatic hydroxyl groups excluding tert-OH is 1. The predicted octanol–water partition coefficient (Wildman–Crippen LogP) is 0.142. The first-order valence-electron chi connectivity index (χ1n) is 4.87. The van der Waals surface area contributed by atoms with Gasteiger partial charge in [0.1, 0.15) is 5.82 Å². The maximum Gasteiger partial charge on any atom is 0.147 e. The van der Waals surface area contributed by atoms with Gasteiger partial charge in [-0.3, -0.25) is 4.98 Å². The lowest BCUT2D eigenvalue weighted by atomic mass is 10.1. The molecule has 1 heterocycles. The fourth-order valence-electron chi connectivity index (χ4n) is 1.04. The van der Waals surface area contributed by atoms with E-state index in [1.165, 1.54) is 0 Å². The Balaban J connectivity index is 2.87. The Bertz CT molecular complexity index is 310. The first-order valence-corrected chi connectivity index (χ1v) is 4.87. The molecule has 0 spiro atoms. The van der Waals surface area contributed by atoms with Crippen LogP contribution in [-0.4, -0.2) is 34.3 Å². The van der Waals surface area contributed by atoms with Gasteiger partial charge in [-0.05, 0) is 13.8 Å². The average molecular weight is 210 g/mol. The topological polar surface area (TPSA) is 75.3 Å². The minimum atomic E-state index is -0.348. The van der Waals surface area contributed by atoms with Crippen molar-refractivity contribution >= 4 is 5.82 Å². The highest BCUT2D eigenvalue weighted by molar-refractivity contribution is 5.38. The SMILES string of the molecule is CN(c1cnc(CN)cn1)C(C)(C)CO. The maximum absolute atomic E-state index is 9.22. The Hall–Kier alpha value is -1.20. The summed E-state index contributed by atoms with van der Waals surface area (Å²) in [6.07, 6.45) is 3.32. The Morgan fingerprint density at radius 1 is 1.40 bits per heavy atom. The van der Waals surface area contributed by atoms with E-state index in [9.17, 15) is 5.11 Å². The molecule has 0 aliphatic rings. The molecule has 0 saturated heterocycles. The number of nitrogens with two attached hydrogens (primary N) is 1. The zero-order chi connectivity index (χ0) is 11.5. The molecule has 0 fully saturated rings. The van der Waals surface area contributed by atoms with Gasteiger partial charge in [-0.25, -0.2) is 4.98 Å². The van der Waals surface area contributed by atoms with Gasteiger partial charge in [0, 0.05) is 13.6 Å². The number of rotatable bonds is 4. The van der Waals surface area contributed by atoms with Crippen molar-refractivity contribution in [3.63, 3.8) is 0 Å². The largest absolute Gasteiger partial charge is 0.394 e. The highest BCUT2D eigenvalue weighted by Crippen LogP contribution is 2.18. The number of hydrogen-bond donors (Lipinski definition) is 2. The van der Waals surface area contributed by atoms with Crippen molar-refractivity contribution in [1.82, 2.24) is 9.97 Å². The molecule has 15 heavy (non-hydrogen) atoms. The van der Waals surface area contributed by atoms with E-state index >= 15 is 0 Å². The Labute approximate surface area is 90.0 Å². The quantitative estimate of drug-likeness (QED) is 0.739. The van der Waals surface area contributed by atoms with Crippen LogP contribution in [0.25, 0.3) is 0 Å². The predicted molar refractivity (Wildman–Crippen MR) is 59.5 cm³/mol. The highest BCUT2D eigenvalue weighted by Gasteiger charge is 2.23. The number of aliphatic hydroxyl groups is 1. The molecule has 1 rings (SSSR count). The van der Waals surface area contributed by atoms with E-state index in [-0.39, 0.29) is 12.1 Å². The van der Waals surface area contributed by atoms with Crippen LogP contribution in [0, 0.1) is 0 Å². The van der Waals surface area contributed by atoms with Crippen molar-refractivity contribution in [2.75, 3.05) is 18.6 Å². The summed E-state index contributed by atoms with van der Waals surface area (Å²) in [4.78, 5) is 10.3. The average Bonchev–Trinajstić information content (AvgIpc) is 2.28. The van der Waals surface area contributed by atoms with E-state index in [1.807, 2.05) is 25.8 Å². The molecule has 0 bridgehead atoms. The van der Waals surface area contributed by atoms with Crippen LogP contribution in [0.4, 0.5) is 5.82 Å². The van der Waals surface area contributed by atoms with Crippen LogP contribution < -0.4 is 10.6 Å². The summed E-state index contributed by atoms with van der Waals surface area (Å²) in [5.74, 6) is 0.728. The van der Waals surface area contributed by atoms with E-state index < -0.39 is 0 Å². The maximum atomic E-state index is 9.22. The van der Waals surface area contributed by atoms with Gasteiger partial charge in [-0.1, -0.05) is 0 Å². The molecular formula is C10H18N4O. The zero-order valence-electron chi connectivity index (χ0n) is 9.44. The molecule has 0 radical (unpaired) electrons. The van der Waals surface area contributed by atoms with Crippen molar-refractivity contribution < 1.29 is 5.11 Å². The van der Waals surface area contributed by atoms with E-state index in [1.54, 1.807) is 12.4 Å². The van der Waals surface area contributed by atoms with Gasteiger partial charge in [0.15, 0.2) is 0 Å². The van der Waals surface area contributed by atoms with Crippen LogP contribution in [0.3, 0.4) is 0 Å². The minimum absolute atomic E-state index is 0.0593. The Morgan fingerprint density at radius 3 is 2.47 bits per heavy atom. The van der Waals surface area contributed by atoms with E-state index in [4.69, 9.17) is 5.73 Å². The van der Waals surface area contributed by atoms with Gasteiger partial charge < -0.3 is 15.7 Å². The van der Waals surface area contributed by atoms with Crippen LogP contribution in [0.5, 0.6) is 0 Å². The van der Waals surface area contributed by atoms with Gasteiger partial charge >= 0.3 is 0 Å².